The molecule has 0 radical (unpaired) electrons. The highest BCUT2D eigenvalue weighted by molar-refractivity contribution is 5.94. The largest absolute Gasteiger partial charge is 0.372 e. The van der Waals surface area contributed by atoms with Crippen LogP contribution in [0, 0.1) is 17.0 Å². The van der Waals surface area contributed by atoms with Crippen molar-refractivity contribution < 1.29 is 18.8 Å². The number of aryl methyl sites for hydroxylation is 1. The number of morpholine rings is 1. The molecule has 3 rings (SSSR count). The van der Waals surface area contributed by atoms with Gasteiger partial charge in [0.1, 0.15) is 6.17 Å². The summed E-state index contributed by atoms with van der Waals surface area (Å²) in [5.41, 5.74) is 1.13. The Morgan fingerprint density at radius 1 is 1.27 bits per heavy atom. The number of nitro groups is 1. The second-order valence-electron chi connectivity index (χ2n) is 5.96. The number of halogens is 1. The summed E-state index contributed by atoms with van der Waals surface area (Å²) in [6, 6.07) is 13.0. The Bertz CT molecular complexity index is 815. The molecule has 0 saturated carbocycles. The maximum atomic E-state index is 14.5. The van der Waals surface area contributed by atoms with Crippen LogP contribution in [0.1, 0.15) is 15.9 Å². The number of nitrogens with zero attached hydrogens (tertiary/aromatic N) is 2. The Morgan fingerprint density at radius 3 is 2.69 bits per heavy atom. The Labute approximate surface area is 149 Å². The average molecular weight is 359 g/mol. The maximum absolute atomic E-state index is 14.5. The zero-order chi connectivity index (χ0) is 18.7. The zero-order valence-electron chi connectivity index (χ0n) is 14.1. The lowest BCUT2D eigenvalue weighted by atomic mass is 10.1. The predicted molar refractivity (Wildman–Crippen MR) is 93.7 cm³/mol. The summed E-state index contributed by atoms with van der Waals surface area (Å²) in [6.07, 6.45) is -2.32. The molecule has 1 aliphatic rings. The molecule has 2 unspecified atom stereocenters. The van der Waals surface area contributed by atoms with Gasteiger partial charge in [-0.2, -0.15) is 0 Å². The first kappa shape index (κ1) is 17.8. The molecule has 0 aliphatic carbocycles. The molecule has 2 aromatic rings. The number of hydrogen-bond acceptors (Lipinski definition) is 5. The lowest BCUT2D eigenvalue weighted by molar-refractivity contribution is -0.385. The normalized spacial score (nSPS) is 19.8. The van der Waals surface area contributed by atoms with E-state index in [4.69, 9.17) is 4.74 Å². The quantitative estimate of drug-likeness (QED) is 0.515. The molecule has 0 bridgehead atoms. The van der Waals surface area contributed by atoms with Gasteiger partial charge in [-0.15, -0.1) is 0 Å². The molecule has 1 saturated heterocycles. The fraction of sp³-hybridized carbons (Fsp3) is 0.278. The summed E-state index contributed by atoms with van der Waals surface area (Å²) >= 11 is 0. The summed E-state index contributed by atoms with van der Waals surface area (Å²) < 4.78 is 19.8. The van der Waals surface area contributed by atoms with Crippen molar-refractivity contribution in [1.29, 1.82) is 0 Å². The summed E-state index contributed by atoms with van der Waals surface area (Å²) in [5, 5.41) is 13.9. The van der Waals surface area contributed by atoms with Gasteiger partial charge in [0, 0.05) is 22.9 Å². The summed E-state index contributed by atoms with van der Waals surface area (Å²) in [6.45, 7) is 1.50. The minimum Gasteiger partial charge on any atom is -0.372 e. The van der Waals surface area contributed by atoms with Gasteiger partial charge in [-0.1, -0.05) is 24.3 Å². The monoisotopic (exact) mass is 359 g/mol. The van der Waals surface area contributed by atoms with Gasteiger partial charge < -0.3 is 15.0 Å². The number of ether oxygens (including phenoxy) is 1. The number of alkyl halides is 1. The Hall–Kier alpha value is -3.00. The summed E-state index contributed by atoms with van der Waals surface area (Å²) in [4.78, 5) is 24.4. The van der Waals surface area contributed by atoms with Crippen molar-refractivity contribution in [2.45, 2.75) is 19.4 Å². The highest BCUT2D eigenvalue weighted by atomic mass is 19.1. The standard InChI is InChI=1S/C18H18FN3O4/c1-12-7-8-14(9-15(12)22(24)25)21-16(19)10-26-11-17(21)20-18(23)13-5-3-2-4-6-13/h2-9,16-17H,10-11H2,1H3,(H,20,23). The molecule has 136 valence electrons. The van der Waals surface area contributed by atoms with Crippen LogP contribution in [0.4, 0.5) is 15.8 Å². The Balaban J connectivity index is 1.88. The van der Waals surface area contributed by atoms with Crippen LogP contribution in [-0.2, 0) is 4.74 Å². The number of anilines is 1. The van der Waals surface area contributed by atoms with E-state index >= 15 is 0 Å². The first-order valence-electron chi connectivity index (χ1n) is 8.08. The number of carbonyl (C=O) groups excluding carboxylic acids is 1. The number of amides is 1. The number of nitrogens with one attached hydrogen (secondary N) is 1. The summed E-state index contributed by atoms with van der Waals surface area (Å²) in [7, 11) is 0. The average Bonchev–Trinajstić information content (AvgIpc) is 2.63. The molecule has 1 aliphatic heterocycles. The van der Waals surface area contributed by atoms with Crippen LogP contribution in [0.3, 0.4) is 0 Å². The van der Waals surface area contributed by atoms with E-state index in [0.717, 1.165) is 0 Å². The number of nitro benzene ring substituents is 1. The molecule has 2 aromatic carbocycles. The van der Waals surface area contributed by atoms with E-state index in [2.05, 4.69) is 5.32 Å². The minimum atomic E-state index is -1.54. The molecule has 1 amide bonds. The first-order chi connectivity index (χ1) is 12.5. The lowest BCUT2D eigenvalue weighted by Crippen LogP contribution is -2.58. The minimum absolute atomic E-state index is 0.0701. The number of benzene rings is 2. The third-order valence-corrected chi connectivity index (χ3v) is 4.19. The van der Waals surface area contributed by atoms with Crippen molar-refractivity contribution in [2.75, 3.05) is 18.1 Å². The van der Waals surface area contributed by atoms with Crippen molar-refractivity contribution in [3.8, 4) is 0 Å². The Morgan fingerprint density at radius 2 is 2.00 bits per heavy atom. The van der Waals surface area contributed by atoms with Gasteiger partial charge in [-0.25, -0.2) is 4.39 Å². The molecule has 0 spiro atoms. The van der Waals surface area contributed by atoms with Crippen LogP contribution in [0.25, 0.3) is 0 Å². The fourth-order valence-electron chi connectivity index (χ4n) is 2.86. The number of rotatable bonds is 4. The second kappa shape index (κ2) is 7.49. The molecular weight excluding hydrogens is 341 g/mol. The summed E-state index contributed by atoms with van der Waals surface area (Å²) in [5.74, 6) is -0.375. The topological polar surface area (TPSA) is 84.7 Å². The highest BCUT2D eigenvalue weighted by Crippen LogP contribution is 2.29. The first-order valence-corrected chi connectivity index (χ1v) is 8.08. The number of hydrogen-bond donors (Lipinski definition) is 1. The van der Waals surface area contributed by atoms with Gasteiger partial charge in [0.15, 0.2) is 6.30 Å². The highest BCUT2D eigenvalue weighted by Gasteiger charge is 2.33. The molecule has 26 heavy (non-hydrogen) atoms. The van der Waals surface area contributed by atoms with Crippen LogP contribution in [0.2, 0.25) is 0 Å². The lowest BCUT2D eigenvalue weighted by Gasteiger charge is -2.39. The molecular formula is C18H18FN3O4. The van der Waals surface area contributed by atoms with Gasteiger partial charge in [-0.3, -0.25) is 14.9 Å². The molecule has 1 heterocycles. The molecule has 1 N–H and O–H groups in total. The predicted octanol–water partition coefficient (Wildman–Crippen LogP) is 2.79. The van der Waals surface area contributed by atoms with Gasteiger partial charge in [0.05, 0.1) is 18.1 Å². The van der Waals surface area contributed by atoms with Crippen molar-refractivity contribution in [3.63, 3.8) is 0 Å². The van der Waals surface area contributed by atoms with Crippen LogP contribution in [-0.4, -0.2) is 36.5 Å². The molecule has 0 aromatic heterocycles. The third kappa shape index (κ3) is 3.65. The van der Waals surface area contributed by atoms with E-state index in [1.807, 2.05) is 0 Å². The van der Waals surface area contributed by atoms with E-state index in [9.17, 15) is 19.3 Å². The molecule has 8 heteroatoms. The van der Waals surface area contributed by atoms with Crippen molar-refractivity contribution in [1.82, 2.24) is 5.32 Å². The third-order valence-electron chi connectivity index (χ3n) is 4.19. The van der Waals surface area contributed by atoms with Crippen molar-refractivity contribution >= 4 is 17.3 Å². The molecule has 1 fully saturated rings. The fourth-order valence-corrected chi connectivity index (χ4v) is 2.86. The van der Waals surface area contributed by atoms with Crippen LogP contribution >= 0.6 is 0 Å². The van der Waals surface area contributed by atoms with E-state index in [1.165, 1.54) is 11.0 Å². The SMILES string of the molecule is Cc1ccc(N2C(F)COCC2NC(=O)c2ccccc2)cc1[N+](=O)[O-]. The van der Waals surface area contributed by atoms with Crippen molar-refractivity contribution in [3.05, 3.63) is 69.8 Å². The smallest absolute Gasteiger partial charge is 0.274 e. The van der Waals surface area contributed by atoms with Crippen LogP contribution in [0.15, 0.2) is 48.5 Å². The van der Waals surface area contributed by atoms with E-state index in [0.29, 0.717) is 16.8 Å². The number of carbonyl (C=O) groups is 1. The zero-order valence-corrected chi connectivity index (χ0v) is 14.1. The van der Waals surface area contributed by atoms with E-state index in [-0.39, 0.29) is 24.8 Å². The van der Waals surface area contributed by atoms with Crippen LogP contribution < -0.4 is 10.2 Å². The van der Waals surface area contributed by atoms with Gasteiger partial charge >= 0.3 is 0 Å². The van der Waals surface area contributed by atoms with Crippen LogP contribution in [0.5, 0.6) is 0 Å². The molecule has 7 nitrogen and oxygen atoms in total. The van der Waals surface area contributed by atoms with Gasteiger partial charge in [-0.05, 0) is 25.1 Å². The van der Waals surface area contributed by atoms with Crippen molar-refractivity contribution in [2.24, 2.45) is 0 Å². The van der Waals surface area contributed by atoms with E-state index < -0.39 is 17.4 Å². The van der Waals surface area contributed by atoms with E-state index in [1.54, 1.807) is 49.4 Å². The van der Waals surface area contributed by atoms with Gasteiger partial charge in [0.2, 0.25) is 0 Å². The Kier molecular flexibility index (Phi) is 5.13. The second-order valence-corrected chi connectivity index (χ2v) is 5.96. The maximum Gasteiger partial charge on any atom is 0.274 e. The molecule has 2 atom stereocenters. The van der Waals surface area contributed by atoms with Gasteiger partial charge in [0.25, 0.3) is 11.6 Å².